The third-order valence-electron chi connectivity index (χ3n) is 5.63. The molecule has 0 unspecified atom stereocenters. The summed E-state index contributed by atoms with van der Waals surface area (Å²) in [6.45, 7) is 6.60. The van der Waals surface area contributed by atoms with Crippen molar-refractivity contribution in [3.63, 3.8) is 0 Å². The van der Waals surface area contributed by atoms with E-state index in [9.17, 15) is 4.79 Å². The highest BCUT2D eigenvalue weighted by molar-refractivity contribution is 9.10. The molecule has 1 N–H and O–H groups in total. The van der Waals surface area contributed by atoms with Crippen molar-refractivity contribution in [1.82, 2.24) is 9.88 Å². The number of fused-ring (bicyclic) bond motifs is 1. The molecule has 0 aliphatic carbocycles. The Morgan fingerprint density at radius 2 is 1.96 bits per heavy atom. The van der Waals surface area contributed by atoms with E-state index in [2.05, 4.69) is 39.1 Å². The Labute approximate surface area is 174 Å². The van der Waals surface area contributed by atoms with Crippen molar-refractivity contribution in [3.8, 4) is 0 Å². The third-order valence-corrected chi connectivity index (χ3v) is 6.13. The number of anilines is 1. The number of hydrogen-bond acceptors (Lipinski definition) is 3. The van der Waals surface area contributed by atoms with Gasteiger partial charge in [0.05, 0.1) is 5.52 Å². The van der Waals surface area contributed by atoms with Gasteiger partial charge in [-0.05, 0) is 81.2 Å². The molecule has 4 nitrogen and oxygen atoms in total. The maximum absolute atomic E-state index is 12.6. The Bertz CT molecular complexity index is 1030. The van der Waals surface area contributed by atoms with Gasteiger partial charge in [0.15, 0.2) is 0 Å². The SMILES string of the molecule is Cc1c(NC(=O)c2cccc(Br)c2)ccc2cc([C@H](C)N3CCCC3)cnc12. The van der Waals surface area contributed by atoms with E-state index in [1.807, 2.05) is 43.5 Å². The molecule has 1 saturated heterocycles. The molecule has 1 aliphatic heterocycles. The molecule has 2 aromatic carbocycles. The molecule has 0 bridgehead atoms. The van der Waals surface area contributed by atoms with Crippen LogP contribution in [0.15, 0.2) is 53.1 Å². The lowest BCUT2D eigenvalue weighted by Crippen LogP contribution is -2.23. The number of nitrogens with one attached hydrogen (secondary N) is 1. The van der Waals surface area contributed by atoms with Gasteiger partial charge in [0.25, 0.3) is 5.91 Å². The molecule has 28 heavy (non-hydrogen) atoms. The Hall–Kier alpha value is -2.24. The van der Waals surface area contributed by atoms with Crippen LogP contribution in [0, 0.1) is 6.92 Å². The number of amides is 1. The van der Waals surface area contributed by atoms with Crippen LogP contribution >= 0.6 is 15.9 Å². The second kappa shape index (κ2) is 8.02. The number of aromatic nitrogens is 1. The molecule has 1 amide bonds. The highest BCUT2D eigenvalue weighted by Gasteiger charge is 2.20. The second-order valence-corrected chi connectivity index (χ2v) is 8.38. The van der Waals surface area contributed by atoms with Gasteiger partial charge in [-0.2, -0.15) is 0 Å². The zero-order chi connectivity index (χ0) is 19.7. The number of nitrogens with zero attached hydrogens (tertiary/aromatic N) is 2. The van der Waals surface area contributed by atoms with Crippen LogP contribution in [0.1, 0.15) is 47.3 Å². The summed E-state index contributed by atoms with van der Waals surface area (Å²) in [5, 5.41) is 4.13. The number of halogens is 1. The van der Waals surface area contributed by atoms with Crippen LogP contribution in [0.3, 0.4) is 0 Å². The van der Waals surface area contributed by atoms with E-state index < -0.39 is 0 Å². The number of hydrogen-bond donors (Lipinski definition) is 1. The zero-order valence-corrected chi connectivity index (χ0v) is 17.8. The Kier molecular flexibility index (Phi) is 5.47. The number of carbonyl (C=O) groups is 1. The summed E-state index contributed by atoms with van der Waals surface area (Å²) in [5.41, 5.74) is 4.59. The first-order chi connectivity index (χ1) is 13.5. The quantitative estimate of drug-likeness (QED) is 0.567. The van der Waals surface area contributed by atoms with E-state index in [1.165, 1.54) is 31.5 Å². The lowest BCUT2D eigenvalue weighted by molar-refractivity contribution is 0.102. The van der Waals surface area contributed by atoms with Crippen LogP contribution in [0.4, 0.5) is 5.69 Å². The minimum absolute atomic E-state index is 0.122. The van der Waals surface area contributed by atoms with Crippen LogP contribution in [0.2, 0.25) is 0 Å². The predicted octanol–water partition coefficient (Wildman–Crippen LogP) is 5.71. The van der Waals surface area contributed by atoms with Gasteiger partial charge in [-0.15, -0.1) is 0 Å². The van der Waals surface area contributed by atoms with Crippen LogP contribution < -0.4 is 5.32 Å². The van der Waals surface area contributed by atoms with Crippen molar-refractivity contribution in [2.75, 3.05) is 18.4 Å². The van der Waals surface area contributed by atoms with E-state index >= 15 is 0 Å². The molecule has 2 heterocycles. The minimum atomic E-state index is -0.122. The molecule has 0 radical (unpaired) electrons. The molecule has 1 aliphatic rings. The second-order valence-electron chi connectivity index (χ2n) is 7.46. The summed E-state index contributed by atoms with van der Waals surface area (Å²) in [6, 6.07) is 14.0. The molecular weight excluding hydrogens is 414 g/mol. The standard InChI is InChI=1S/C23H24BrN3O/c1-15-21(26-23(28)18-6-5-7-20(24)13-18)9-8-17-12-19(14-25-22(15)17)16(2)27-10-3-4-11-27/h5-9,12-14,16H,3-4,10-11H2,1-2H3,(H,26,28)/t16-/m0/s1. The van der Waals surface area contributed by atoms with Crippen molar-refractivity contribution >= 4 is 38.4 Å². The number of likely N-dealkylation sites (tertiary alicyclic amines) is 1. The molecule has 1 aromatic heterocycles. The summed E-state index contributed by atoms with van der Waals surface area (Å²) >= 11 is 3.41. The lowest BCUT2D eigenvalue weighted by atomic mass is 10.0. The number of rotatable bonds is 4. The summed E-state index contributed by atoms with van der Waals surface area (Å²) in [7, 11) is 0. The number of carbonyl (C=O) groups excluding carboxylic acids is 1. The van der Waals surface area contributed by atoms with Crippen molar-refractivity contribution < 1.29 is 4.79 Å². The van der Waals surface area contributed by atoms with Crippen LogP contribution in [-0.2, 0) is 0 Å². The molecular formula is C23H24BrN3O. The Morgan fingerprint density at radius 1 is 1.18 bits per heavy atom. The van der Waals surface area contributed by atoms with Crippen molar-refractivity contribution in [3.05, 3.63) is 69.8 Å². The van der Waals surface area contributed by atoms with E-state index in [1.54, 1.807) is 6.07 Å². The summed E-state index contributed by atoms with van der Waals surface area (Å²) < 4.78 is 0.886. The van der Waals surface area contributed by atoms with Gasteiger partial charge in [-0.1, -0.05) is 28.1 Å². The van der Waals surface area contributed by atoms with Gasteiger partial charge < -0.3 is 5.32 Å². The van der Waals surface area contributed by atoms with Gasteiger partial charge in [-0.25, -0.2) is 0 Å². The Balaban J connectivity index is 1.60. The summed E-state index contributed by atoms with van der Waals surface area (Å²) in [4.78, 5) is 19.8. The van der Waals surface area contributed by atoms with Crippen LogP contribution in [-0.4, -0.2) is 28.9 Å². The highest BCUT2D eigenvalue weighted by Crippen LogP contribution is 2.29. The molecule has 144 valence electrons. The molecule has 3 aromatic rings. The fourth-order valence-electron chi connectivity index (χ4n) is 3.89. The van der Waals surface area contributed by atoms with Gasteiger partial charge in [0, 0.05) is 33.3 Å². The van der Waals surface area contributed by atoms with Gasteiger partial charge >= 0.3 is 0 Å². The maximum Gasteiger partial charge on any atom is 0.255 e. The van der Waals surface area contributed by atoms with Crippen LogP contribution in [0.5, 0.6) is 0 Å². The van der Waals surface area contributed by atoms with E-state index in [0.717, 1.165) is 26.6 Å². The first-order valence-corrected chi connectivity index (χ1v) is 10.5. The molecule has 1 atom stereocenters. The lowest BCUT2D eigenvalue weighted by Gasteiger charge is -2.24. The average molecular weight is 438 g/mol. The van der Waals surface area contributed by atoms with E-state index in [0.29, 0.717) is 11.6 Å². The molecule has 1 fully saturated rings. The largest absolute Gasteiger partial charge is 0.322 e. The van der Waals surface area contributed by atoms with Crippen molar-refractivity contribution in [2.24, 2.45) is 0 Å². The summed E-state index contributed by atoms with van der Waals surface area (Å²) in [5.74, 6) is -0.122. The third kappa shape index (κ3) is 3.82. The topological polar surface area (TPSA) is 45.2 Å². The number of pyridine rings is 1. The fraction of sp³-hybridized carbons (Fsp3) is 0.304. The Morgan fingerprint density at radius 3 is 2.71 bits per heavy atom. The maximum atomic E-state index is 12.6. The van der Waals surface area contributed by atoms with Gasteiger partial charge in [-0.3, -0.25) is 14.7 Å². The molecule has 5 heteroatoms. The predicted molar refractivity (Wildman–Crippen MR) is 118 cm³/mol. The van der Waals surface area contributed by atoms with Crippen LogP contribution in [0.25, 0.3) is 10.9 Å². The minimum Gasteiger partial charge on any atom is -0.322 e. The number of benzene rings is 2. The van der Waals surface area contributed by atoms with Gasteiger partial charge in [0.1, 0.15) is 0 Å². The average Bonchev–Trinajstić information content (AvgIpc) is 3.24. The summed E-state index contributed by atoms with van der Waals surface area (Å²) in [6.07, 6.45) is 4.55. The smallest absolute Gasteiger partial charge is 0.255 e. The molecule has 4 rings (SSSR count). The molecule has 0 saturated carbocycles. The van der Waals surface area contributed by atoms with E-state index in [-0.39, 0.29) is 5.91 Å². The normalized spacial score (nSPS) is 15.7. The molecule has 0 spiro atoms. The first kappa shape index (κ1) is 19.1. The number of aryl methyl sites for hydroxylation is 1. The van der Waals surface area contributed by atoms with Crippen molar-refractivity contribution in [2.45, 2.75) is 32.7 Å². The van der Waals surface area contributed by atoms with Gasteiger partial charge in [0.2, 0.25) is 0 Å². The van der Waals surface area contributed by atoms with E-state index in [4.69, 9.17) is 4.98 Å². The monoisotopic (exact) mass is 437 g/mol. The first-order valence-electron chi connectivity index (χ1n) is 9.73. The highest BCUT2D eigenvalue weighted by atomic mass is 79.9. The van der Waals surface area contributed by atoms with Crippen molar-refractivity contribution in [1.29, 1.82) is 0 Å². The fourth-order valence-corrected chi connectivity index (χ4v) is 4.29. The zero-order valence-electron chi connectivity index (χ0n) is 16.2.